The fourth-order valence-corrected chi connectivity index (χ4v) is 8.96. The predicted molar refractivity (Wildman–Crippen MR) is 314 cm³/mol. The molecule has 0 aliphatic heterocycles. The maximum Gasteiger partial charge on any atom is 0.306 e. The number of esters is 2. The molecule has 2 atom stereocenters. The molecular weight excluding hydrogens is 942 g/mol. The maximum atomic E-state index is 12.8. The summed E-state index contributed by atoms with van der Waals surface area (Å²) in [6.45, 7) is 4.08. The molecule has 0 aliphatic carbocycles. The number of rotatable bonds is 55. The minimum absolute atomic E-state index is 0.0328. The molecule has 10 heteroatoms. The van der Waals surface area contributed by atoms with E-state index in [0.717, 1.165) is 103 Å². The van der Waals surface area contributed by atoms with Crippen molar-refractivity contribution in [1.29, 1.82) is 0 Å². The third-order valence-corrected chi connectivity index (χ3v) is 13.9. The van der Waals surface area contributed by atoms with E-state index >= 15 is 0 Å². The van der Waals surface area contributed by atoms with E-state index < -0.39 is 32.5 Å². The number of phosphoric acid groups is 1. The van der Waals surface area contributed by atoms with E-state index in [1.54, 1.807) is 0 Å². The normalized spacial score (nSPS) is 13.9. The average Bonchev–Trinajstić information content (AvgIpc) is 3.36. The van der Waals surface area contributed by atoms with E-state index in [0.29, 0.717) is 17.4 Å². The van der Waals surface area contributed by atoms with Gasteiger partial charge < -0.3 is 27.9 Å². The van der Waals surface area contributed by atoms with Gasteiger partial charge in [-0.25, -0.2) is 0 Å². The summed E-state index contributed by atoms with van der Waals surface area (Å²) in [5.74, 6) is -0.840. The number of quaternary nitrogens is 1. The minimum atomic E-state index is -4.63. The fraction of sp³-hybridized carbons (Fsp3) is 0.750. The number of carbonyl (C=O) groups excluding carboxylic acids is 2. The molecule has 0 aromatic heterocycles. The molecule has 0 spiro atoms. The van der Waals surface area contributed by atoms with E-state index in [1.807, 2.05) is 21.1 Å². The van der Waals surface area contributed by atoms with Crippen molar-refractivity contribution in [3.05, 3.63) is 85.1 Å². The highest BCUT2D eigenvalue weighted by molar-refractivity contribution is 7.45. The monoisotopic (exact) mass is 1060 g/mol. The van der Waals surface area contributed by atoms with Crippen molar-refractivity contribution >= 4 is 19.8 Å². The first-order valence-corrected chi connectivity index (χ1v) is 31.8. The Morgan fingerprint density at radius 1 is 0.432 bits per heavy atom. The third kappa shape index (κ3) is 58.5. The van der Waals surface area contributed by atoms with Gasteiger partial charge in [-0.15, -0.1) is 0 Å². The summed E-state index contributed by atoms with van der Waals surface area (Å²) in [5.41, 5.74) is 0. The first kappa shape index (κ1) is 71.2. The van der Waals surface area contributed by atoms with Crippen molar-refractivity contribution in [3.8, 4) is 0 Å². The van der Waals surface area contributed by atoms with Crippen LogP contribution >= 0.6 is 7.82 Å². The van der Waals surface area contributed by atoms with Crippen molar-refractivity contribution < 1.29 is 42.1 Å². The Kier molecular flexibility index (Phi) is 52.9. The summed E-state index contributed by atoms with van der Waals surface area (Å²) in [4.78, 5) is 37.7. The summed E-state index contributed by atoms with van der Waals surface area (Å²) in [7, 11) is 1.16. The van der Waals surface area contributed by atoms with Gasteiger partial charge in [0, 0.05) is 12.8 Å². The molecule has 0 bridgehead atoms. The zero-order valence-electron chi connectivity index (χ0n) is 48.5. The molecule has 0 aromatic rings. The van der Waals surface area contributed by atoms with E-state index in [1.165, 1.54) is 122 Å². The van der Waals surface area contributed by atoms with Crippen molar-refractivity contribution in [2.75, 3.05) is 47.5 Å². The number of ether oxygens (including phenoxy) is 2. The van der Waals surface area contributed by atoms with Gasteiger partial charge in [0.05, 0.1) is 27.7 Å². The summed E-state index contributed by atoms with van der Waals surface area (Å²) >= 11 is 0. The second-order valence-corrected chi connectivity index (χ2v) is 22.7. The Balaban J connectivity index is 3.91. The zero-order valence-corrected chi connectivity index (χ0v) is 49.4. The van der Waals surface area contributed by atoms with Crippen LogP contribution in [-0.4, -0.2) is 70.0 Å². The van der Waals surface area contributed by atoms with Crippen LogP contribution in [0.1, 0.15) is 258 Å². The number of hydrogen-bond acceptors (Lipinski definition) is 8. The fourth-order valence-electron chi connectivity index (χ4n) is 8.23. The Hall–Kier alpha value is -2.81. The lowest BCUT2D eigenvalue weighted by molar-refractivity contribution is -0.870. The summed E-state index contributed by atoms with van der Waals surface area (Å²) < 4.78 is 34.1. The second-order valence-electron chi connectivity index (χ2n) is 21.3. The van der Waals surface area contributed by atoms with E-state index in [-0.39, 0.29) is 26.1 Å². The third-order valence-electron chi connectivity index (χ3n) is 12.9. The van der Waals surface area contributed by atoms with Gasteiger partial charge in [-0.05, 0) is 83.5 Å². The first-order chi connectivity index (χ1) is 36.0. The second kappa shape index (κ2) is 55.0. The van der Waals surface area contributed by atoms with Crippen molar-refractivity contribution in [3.63, 3.8) is 0 Å². The van der Waals surface area contributed by atoms with Crippen LogP contribution in [0.2, 0.25) is 0 Å². The molecule has 0 saturated carbocycles. The molecule has 0 aliphatic rings. The van der Waals surface area contributed by atoms with Crippen LogP contribution in [-0.2, 0) is 32.7 Å². The molecular formula is C64H114NO8P. The van der Waals surface area contributed by atoms with Crippen LogP contribution in [0.15, 0.2) is 85.1 Å². The van der Waals surface area contributed by atoms with Gasteiger partial charge in [-0.3, -0.25) is 14.2 Å². The topological polar surface area (TPSA) is 111 Å². The first-order valence-electron chi connectivity index (χ1n) is 30.3. The SMILES string of the molecule is CC/C=C\C/C=C\C/C=C\C/C=C\C/C=C\C/C=C\CCCCCCCCCCCCCCCCCCCCCCC(=O)OC(COC(=O)CCCCCCC/C=C\CCCC)COP(=O)([O-])OCC[N+](C)(C)C. The van der Waals surface area contributed by atoms with Gasteiger partial charge in [-0.1, -0.05) is 247 Å². The lowest BCUT2D eigenvalue weighted by atomic mass is 10.0. The number of hydrogen-bond donors (Lipinski definition) is 0. The number of allylic oxidation sites excluding steroid dienone is 14. The number of nitrogens with zero attached hydrogens (tertiary/aromatic N) is 1. The molecule has 74 heavy (non-hydrogen) atoms. The van der Waals surface area contributed by atoms with Crippen LogP contribution in [0.3, 0.4) is 0 Å². The van der Waals surface area contributed by atoms with Crippen molar-refractivity contribution in [2.24, 2.45) is 0 Å². The Labute approximate surface area is 456 Å². The molecule has 0 fully saturated rings. The van der Waals surface area contributed by atoms with Crippen LogP contribution in [0.5, 0.6) is 0 Å². The van der Waals surface area contributed by atoms with E-state index in [4.69, 9.17) is 18.5 Å². The molecule has 0 heterocycles. The summed E-state index contributed by atoms with van der Waals surface area (Å²) in [6, 6.07) is 0. The molecule has 0 amide bonds. The average molecular weight is 1060 g/mol. The van der Waals surface area contributed by atoms with E-state index in [2.05, 4.69) is 98.9 Å². The highest BCUT2D eigenvalue weighted by Crippen LogP contribution is 2.38. The van der Waals surface area contributed by atoms with Gasteiger partial charge in [0.25, 0.3) is 7.82 Å². The number of phosphoric ester groups is 1. The Bertz CT molecular complexity index is 1520. The smallest absolute Gasteiger partial charge is 0.306 e. The lowest BCUT2D eigenvalue weighted by Crippen LogP contribution is -2.37. The lowest BCUT2D eigenvalue weighted by Gasteiger charge is -2.28. The van der Waals surface area contributed by atoms with E-state index in [9.17, 15) is 19.0 Å². The van der Waals surface area contributed by atoms with Gasteiger partial charge >= 0.3 is 11.9 Å². The number of unbranched alkanes of at least 4 members (excludes halogenated alkanes) is 27. The number of likely N-dealkylation sites (N-methyl/N-ethyl adjacent to an activating group) is 1. The minimum Gasteiger partial charge on any atom is -0.756 e. The highest BCUT2D eigenvalue weighted by atomic mass is 31.2. The van der Waals surface area contributed by atoms with Gasteiger partial charge in [0.15, 0.2) is 6.10 Å². The largest absolute Gasteiger partial charge is 0.756 e. The zero-order chi connectivity index (χ0) is 54.2. The summed E-state index contributed by atoms with van der Waals surface area (Å²) in [5, 5.41) is 0. The summed E-state index contributed by atoms with van der Waals surface area (Å²) in [6.07, 6.45) is 73.8. The number of carbonyl (C=O) groups is 2. The molecule has 0 rings (SSSR count). The molecule has 0 saturated heterocycles. The van der Waals surface area contributed by atoms with Crippen molar-refractivity contribution in [2.45, 2.75) is 264 Å². The molecule has 2 unspecified atom stereocenters. The standard InChI is InChI=1S/C64H114NO8P/c1-6-8-10-12-14-16-18-19-20-21-22-23-24-25-26-27-28-29-30-31-32-33-34-35-36-37-38-39-40-41-42-43-44-45-47-49-51-53-55-57-64(67)73-62(61-72-74(68,69)71-59-58-65(3,4)5)60-70-63(66)56-54-52-50-48-46-17-15-13-11-9-7-2/h8,10,13-16,19-20,22-23,25-26,28-29,62H,6-7,9,11-12,17-18,21,24,27,30-61H2,1-5H3/b10-8-,15-13-,16-14-,20-19-,23-22-,26-25-,29-28-. The molecule has 428 valence electrons. The Morgan fingerprint density at radius 3 is 1.16 bits per heavy atom. The predicted octanol–water partition coefficient (Wildman–Crippen LogP) is 18.4. The Morgan fingerprint density at radius 2 is 0.770 bits per heavy atom. The van der Waals surface area contributed by atoms with Crippen LogP contribution in [0.4, 0.5) is 0 Å². The highest BCUT2D eigenvalue weighted by Gasteiger charge is 2.22. The van der Waals surface area contributed by atoms with Crippen LogP contribution in [0, 0.1) is 0 Å². The quantitative estimate of drug-likeness (QED) is 0.0195. The molecule has 0 aromatic carbocycles. The van der Waals surface area contributed by atoms with Crippen molar-refractivity contribution in [1.82, 2.24) is 0 Å². The van der Waals surface area contributed by atoms with Crippen LogP contribution in [0.25, 0.3) is 0 Å². The van der Waals surface area contributed by atoms with Crippen LogP contribution < -0.4 is 4.89 Å². The molecule has 0 radical (unpaired) electrons. The molecule has 0 N–H and O–H groups in total. The van der Waals surface area contributed by atoms with Gasteiger partial charge in [0.1, 0.15) is 19.8 Å². The van der Waals surface area contributed by atoms with Gasteiger partial charge in [-0.2, -0.15) is 0 Å². The van der Waals surface area contributed by atoms with Gasteiger partial charge in [0.2, 0.25) is 0 Å². The molecule has 9 nitrogen and oxygen atoms in total. The maximum absolute atomic E-state index is 12.8.